The summed E-state index contributed by atoms with van der Waals surface area (Å²) < 4.78 is 5.50. The molecule has 0 unspecified atom stereocenters. The zero-order valence-electron chi connectivity index (χ0n) is 13.1. The Morgan fingerprint density at radius 2 is 2.10 bits per heavy atom. The Kier molecular flexibility index (Phi) is 5.23. The first-order valence-corrected chi connectivity index (χ1v) is 7.73. The van der Waals surface area contributed by atoms with Crippen LogP contribution in [0.3, 0.4) is 0 Å². The van der Waals surface area contributed by atoms with Crippen LogP contribution in [0.1, 0.15) is 48.5 Å². The number of aryl methyl sites for hydroxylation is 1. The fourth-order valence-electron chi connectivity index (χ4n) is 3.00. The van der Waals surface area contributed by atoms with Crippen molar-refractivity contribution >= 4 is 5.91 Å². The molecule has 116 valence electrons. The van der Waals surface area contributed by atoms with Crippen molar-refractivity contribution < 1.29 is 14.6 Å². The summed E-state index contributed by atoms with van der Waals surface area (Å²) >= 11 is 0. The number of rotatable bonds is 4. The number of carbonyl (C=O) groups is 1. The first-order valence-electron chi connectivity index (χ1n) is 7.73. The molecule has 2 atom stereocenters. The quantitative estimate of drug-likeness (QED) is 0.928. The van der Waals surface area contributed by atoms with Gasteiger partial charge < -0.3 is 14.7 Å². The molecular formula is C17H25NO3. The van der Waals surface area contributed by atoms with Crippen LogP contribution < -0.4 is 4.74 Å². The average molecular weight is 291 g/mol. The van der Waals surface area contributed by atoms with Gasteiger partial charge in [0.05, 0.1) is 18.8 Å². The molecule has 1 aromatic rings. The van der Waals surface area contributed by atoms with E-state index in [-0.39, 0.29) is 11.9 Å². The fourth-order valence-corrected chi connectivity index (χ4v) is 3.00. The molecule has 0 heterocycles. The summed E-state index contributed by atoms with van der Waals surface area (Å²) in [5.74, 6) is 0.779. The maximum absolute atomic E-state index is 12.6. The molecule has 4 heteroatoms. The Hall–Kier alpha value is -1.55. The highest BCUT2D eigenvalue weighted by Crippen LogP contribution is 2.25. The minimum atomic E-state index is -0.406. The number of ether oxygens (including phenoxy) is 1. The summed E-state index contributed by atoms with van der Waals surface area (Å²) in [4.78, 5) is 14.3. The number of amides is 1. The third-order valence-corrected chi connectivity index (χ3v) is 4.23. The van der Waals surface area contributed by atoms with E-state index in [0.29, 0.717) is 12.2 Å². The first kappa shape index (κ1) is 15.8. The minimum Gasteiger partial charge on any atom is -0.494 e. The molecule has 0 aliphatic heterocycles. The Bertz CT molecular complexity index is 501. The van der Waals surface area contributed by atoms with E-state index in [4.69, 9.17) is 4.74 Å². The van der Waals surface area contributed by atoms with Crippen LogP contribution in [0.25, 0.3) is 0 Å². The highest BCUT2D eigenvalue weighted by Gasteiger charge is 2.29. The van der Waals surface area contributed by atoms with E-state index < -0.39 is 6.10 Å². The third-order valence-electron chi connectivity index (χ3n) is 4.23. The second-order valence-electron chi connectivity index (χ2n) is 5.75. The molecule has 4 nitrogen and oxygen atoms in total. The van der Waals surface area contributed by atoms with Gasteiger partial charge in [-0.15, -0.1) is 0 Å². The summed E-state index contributed by atoms with van der Waals surface area (Å²) in [6.45, 7) is 4.50. The van der Waals surface area contributed by atoms with Gasteiger partial charge in [-0.3, -0.25) is 4.79 Å². The summed E-state index contributed by atoms with van der Waals surface area (Å²) in [6, 6.07) is 5.43. The normalized spacial score (nSPS) is 21.9. The minimum absolute atomic E-state index is 0.0351. The van der Waals surface area contributed by atoms with Gasteiger partial charge in [0.25, 0.3) is 5.91 Å². The van der Waals surface area contributed by atoms with Gasteiger partial charge in [-0.25, -0.2) is 0 Å². The highest BCUT2D eigenvalue weighted by molar-refractivity contribution is 5.94. The van der Waals surface area contributed by atoms with Crippen molar-refractivity contribution in [1.29, 1.82) is 0 Å². The topological polar surface area (TPSA) is 49.8 Å². The summed E-state index contributed by atoms with van der Waals surface area (Å²) in [5.41, 5.74) is 1.61. The second-order valence-corrected chi connectivity index (χ2v) is 5.75. The number of aliphatic hydroxyl groups excluding tert-OH is 1. The van der Waals surface area contributed by atoms with Gasteiger partial charge in [0.2, 0.25) is 0 Å². The molecule has 0 bridgehead atoms. The van der Waals surface area contributed by atoms with E-state index in [9.17, 15) is 9.90 Å². The van der Waals surface area contributed by atoms with E-state index in [1.165, 1.54) is 0 Å². The maximum Gasteiger partial charge on any atom is 0.253 e. The van der Waals surface area contributed by atoms with E-state index in [1.807, 2.05) is 26.0 Å². The Morgan fingerprint density at radius 1 is 1.38 bits per heavy atom. The number of hydrogen-bond acceptors (Lipinski definition) is 3. The van der Waals surface area contributed by atoms with Crippen molar-refractivity contribution in [2.75, 3.05) is 13.7 Å². The number of carbonyl (C=O) groups excluding carboxylic acids is 1. The van der Waals surface area contributed by atoms with Crippen molar-refractivity contribution in [2.24, 2.45) is 0 Å². The maximum atomic E-state index is 12.6. The van der Waals surface area contributed by atoms with Crippen LogP contribution in [-0.2, 0) is 0 Å². The molecule has 1 aromatic carbocycles. The molecule has 1 saturated carbocycles. The van der Waals surface area contributed by atoms with Crippen LogP contribution in [0.5, 0.6) is 5.75 Å². The second kappa shape index (κ2) is 6.94. The summed E-state index contributed by atoms with van der Waals surface area (Å²) in [7, 11) is 1.79. The van der Waals surface area contributed by atoms with Gasteiger partial charge in [0.15, 0.2) is 0 Å². The number of hydrogen-bond donors (Lipinski definition) is 1. The zero-order chi connectivity index (χ0) is 15.4. The van der Waals surface area contributed by atoms with Crippen molar-refractivity contribution in [2.45, 2.75) is 51.7 Å². The van der Waals surface area contributed by atoms with E-state index in [0.717, 1.165) is 37.0 Å². The van der Waals surface area contributed by atoms with Gasteiger partial charge in [-0.2, -0.15) is 0 Å². The molecule has 1 aliphatic rings. The number of likely N-dealkylation sites (N-methyl/N-ethyl adjacent to an activating group) is 1. The lowest BCUT2D eigenvalue weighted by Crippen LogP contribution is -2.46. The molecule has 0 aromatic heterocycles. The van der Waals surface area contributed by atoms with E-state index in [2.05, 4.69) is 0 Å². The molecule has 21 heavy (non-hydrogen) atoms. The molecule has 0 radical (unpaired) electrons. The summed E-state index contributed by atoms with van der Waals surface area (Å²) in [5, 5.41) is 10.1. The van der Waals surface area contributed by atoms with E-state index >= 15 is 0 Å². The first-order chi connectivity index (χ1) is 10.0. The van der Waals surface area contributed by atoms with Gasteiger partial charge in [-0.05, 0) is 50.5 Å². The standard InChI is InChI=1S/C17H25NO3/c1-4-21-16-10-9-13(11-12(16)2)17(20)18(3)14-7-5-6-8-15(14)19/h9-11,14-15,19H,4-8H2,1-3H3/t14-,15+/m0/s1. The monoisotopic (exact) mass is 291 g/mol. The van der Waals surface area contributed by atoms with Crippen LogP contribution >= 0.6 is 0 Å². The molecule has 1 amide bonds. The van der Waals surface area contributed by atoms with Gasteiger partial charge in [0, 0.05) is 12.6 Å². The van der Waals surface area contributed by atoms with Crippen LogP contribution in [0.15, 0.2) is 18.2 Å². The Morgan fingerprint density at radius 3 is 2.71 bits per heavy atom. The predicted octanol–water partition coefficient (Wildman–Crippen LogP) is 2.77. The molecule has 1 aliphatic carbocycles. The molecule has 0 saturated heterocycles. The van der Waals surface area contributed by atoms with Gasteiger partial charge in [-0.1, -0.05) is 12.8 Å². The van der Waals surface area contributed by atoms with Crippen LogP contribution in [0.4, 0.5) is 0 Å². The lowest BCUT2D eigenvalue weighted by Gasteiger charge is -2.35. The van der Waals surface area contributed by atoms with Crippen LogP contribution in [0.2, 0.25) is 0 Å². The molecule has 1 N–H and O–H groups in total. The van der Waals surface area contributed by atoms with E-state index in [1.54, 1.807) is 18.0 Å². The molecule has 2 rings (SSSR count). The van der Waals surface area contributed by atoms with Crippen molar-refractivity contribution in [3.05, 3.63) is 29.3 Å². The van der Waals surface area contributed by atoms with Crippen molar-refractivity contribution in [3.63, 3.8) is 0 Å². The number of aliphatic hydroxyl groups is 1. The fraction of sp³-hybridized carbons (Fsp3) is 0.588. The van der Waals surface area contributed by atoms with Gasteiger partial charge >= 0.3 is 0 Å². The number of benzene rings is 1. The Balaban J connectivity index is 2.13. The average Bonchev–Trinajstić information content (AvgIpc) is 2.48. The molecule has 0 spiro atoms. The van der Waals surface area contributed by atoms with Gasteiger partial charge in [0.1, 0.15) is 5.75 Å². The summed E-state index contributed by atoms with van der Waals surface area (Å²) in [6.07, 6.45) is 3.37. The third kappa shape index (κ3) is 3.56. The largest absolute Gasteiger partial charge is 0.494 e. The highest BCUT2D eigenvalue weighted by atomic mass is 16.5. The Labute approximate surface area is 126 Å². The lowest BCUT2D eigenvalue weighted by atomic mass is 9.91. The smallest absolute Gasteiger partial charge is 0.253 e. The van der Waals surface area contributed by atoms with Crippen molar-refractivity contribution in [3.8, 4) is 5.75 Å². The van der Waals surface area contributed by atoms with Crippen LogP contribution in [-0.4, -0.2) is 41.7 Å². The SMILES string of the molecule is CCOc1ccc(C(=O)N(C)[C@H]2CCCC[C@H]2O)cc1C. The van der Waals surface area contributed by atoms with Crippen LogP contribution in [0, 0.1) is 6.92 Å². The predicted molar refractivity (Wildman–Crippen MR) is 82.7 cm³/mol. The van der Waals surface area contributed by atoms with Crippen molar-refractivity contribution in [1.82, 2.24) is 4.90 Å². The molecule has 1 fully saturated rings. The lowest BCUT2D eigenvalue weighted by molar-refractivity contribution is 0.0268. The number of nitrogens with zero attached hydrogens (tertiary/aromatic N) is 1. The molecular weight excluding hydrogens is 266 g/mol. The zero-order valence-corrected chi connectivity index (χ0v) is 13.1.